The molecule has 2 aliphatic heterocycles. The van der Waals surface area contributed by atoms with Gasteiger partial charge in [-0.05, 0) is 91.9 Å². The average Bonchev–Trinajstić information content (AvgIpc) is 3.60. The predicted molar refractivity (Wildman–Crippen MR) is 140 cm³/mol. The van der Waals surface area contributed by atoms with E-state index in [1.54, 1.807) is 12.1 Å². The fourth-order valence-electron chi connectivity index (χ4n) is 3.65. The highest BCUT2D eigenvalue weighted by molar-refractivity contribution is 7.85. The fraction of sp³-hybridized carbons (Fsp3) is 0.0370. The van der Waals surface area contributed by atoms with Crippen molar-refractivity contribution >= 4 is 56.5 Å². The second kappa shape index (κ2) is 9.17. The number of H-pyrrole nitrogens is 2. The van der Waals surface area contributed by atoms with Crippen LogP contribution in [0.2, 0.25) is 0 Å². The van der Waals surface area contributed by atoms with Crippen molar-refractivity contribution in [2.45, 2.75) is 11.8 Å². The minimum absolute atomic E-state index is 0.0666. The maximum Gasteiger partial charge on any atom is 0.294 e. The number of hydrogen-bond donors (Lipinski definition) is 3. The van der Waals surface area contributed by atoms with E-state index in [1.165, 1.54) is 12.1 Å². The molecule has 0 unspecified atom stereocenters. The summed E-state index contributed by atoms with van der Waals surface area (Å²) in [5, 5.41) is 0. The number of aryl methyl sites for hydroxylation is 1. The third-order valence-electron chi connectivity index (χ3n) is 5.36. The van der Waals surface area contributed by atoms with Gasteiger partial charge in [0.15, 0.2) is 0 Å². The molecule has 0 aliphatic carbocycles. The SMILES string of the molecule is C1=Cc2cc3ccc(cc4nc(cc5ccc(cc1n2)[nH]5)C=C4)[nH]3.Cc1ccc(S(=O)(=O)O)cc1. The lowest BCUT2D eigenvalue weighted by atomic mass is 10.2. The molecule has 3 aromatic heterocycles. The van der Waals surface area contributed by atoms with Crippen LogP contribution in [0.25, 0.3) is 46.4 Å². The summed E-state index contributed by atoms with van der Waals surface area (Å²) >= 11 is 0. The quantitative estimate of drug-likeness (QED) is 0.253. The number of aromatic nitrogens is 4. The summed E-state index contributed by atoms with van der Waals surface area (Å²) in [5.41, 5.74) is 8.82. The minimum atomic E-state index is -4.02. The Morgan fingerprint density at radius 3 is 1.26 bits per heavy atom. The summed E-state index contributed by atoms with van der Waals surface area (Å²) in [6, 6.07) is 22.3. The summed E-state index contributed by atoms with van der Waals surface area (Å²) in [7, 11) is -4.02. The highest BCUT2D eigenvalue weighted by Gasteiger charge is 2.07. The smallest absolute Gasteiger partial charge is 0.294 e. The molecular weight excluding hydrogens is 460 g/mol. The Hall–Kier alpha value is -4.27. The summed E-state index contributed by atoms with van der Waals surface area (Å²) in [5.74, 6) is 0. The van der Waals surface area contributed by atoms with E-state index in [9.17, 15) is 8.42 Å². The second-order valence-electron chi connectivity index (χ2n) is 8.19. The van der Waals surface area contributed by atoms with Crippen LogP contribution < -0.4 is 0 Å². The Balaban J connectivity index is 0.000000195. The van der Waals surface area contributed by atoms with Crippen molar-refractivity contribution in [2.24, 2.45) is 0 Å². The predicted octanol–water partition coefficient (Wildman–Crippen LogP) is 5.90. The molecule has 0 amide bonds. The Morgan fingerprint density at radius 2 is 0.943 bits per heavy atom. The maximum absolute atomic E-state index is 10.5. The van der Waals surface area contributed by atoms with Gasteiger partial charge in [0.05, 0.1) is 27.7 Å². The van der Waals surface area contributed by atoms with Gasteiger partial charge < -0.3 is 9.97 Å². The van der Waals surface area contributed by atoms with Crippen molar-refractivity contribution in [3.05, 3.63) is 101 Å². The van der Waals surface area contributed by atoms with Crippen LogP contribution in [0, 0.1) is 6.92 Å². The monoisotopic (exact) mass is 482 g/mol. The number of fused-ring (bicyclic) bond motifs is 8. The zero-order valence-electron chi connectivity index (χ0n) is 18.8. The highest BCUT2D eigenvalue weighted by atomic mass is 32.2. The molecule has 2 aliphatic rings. The van der Waals surface area contributed by atoms with Crippen molar-refractivity contribution in [3.63, 3.8) is 0 Å². The van der Waals surface area contributed by atoms with Gasteiger partial charge in [0.1, 0.15) is 0 Å². The molecule has 3 N–H and O–H groups in total. The molecule has 0 saturated carbocycles. The van der Waals surface area contributed by atoms with Crippen LogP contribution in [-0.2, 0) is 10.1 Å². The average molecular weight is 483 g/mol. The summed E-state index contributed by atoms with van der Waals surface area (Å²) in [4.78, 5) is 16.0. The Kier molecular flexibility index (Phi) is 5.90. The lowest BCUT2D eigenvalue weighted by molar-refractivity contribution is 0.483. The molecule has 0 radical (unpaired) electrons. The molecule has 8 bridgehead atoms. The normalized spacial score (nSPS) is 12.3. The summed E-state index contributed by atoms with van der Waals surface area (Å²) in [6.45, 7) is 1.84. The van der Waals surface area contributed by atoms with Crippen molar-refractivity contribution in [3.8, 4) is 0 Å². The Morgan fingerprint density at radius 1 is 0.600 bits per heavy atom. The molecule has 5 heterocycles. The molecule has 0 fully saturated rings. The van der Waals surface area contributed by atoms with Gasteiger partial charge in [-0.25, -0.2) is 9.97 Å². The zero-order valence-corrected chi connectivity index (χ0v) is 19.6. The second-order valence-corrected chi connectivity index (χ2v) is 9.61. The van der Waals surface area contributed by atoms with Crippen LogP contribution in [0.1, 0.15) is 28.3 Å². The lowest BCUT2D eigenvalue weighted by Gasteiger charge is -1.95. The van der Waals surface area contributed by atoms with Gasteiger partial charge in [0.2, 0.25) is 0 Å². The van der Waals surface area contributed by atoms with Crippen molar-refractivity contribution in [2.75, 3.05) is 0 Å². The third-order valence-corrected chi connectivity index (χ3v) is 6.23. The van der Waals surface area contributed by atoms with E-state index in [1.807, 2.05) is 55.5 Å². The number of nitrogens with one attached hydrogen (secondary N) is 2. The van der Waals surface area contributed by atoms with Crippen LogP contribution in [0.3, 0.4) is 0 Å². The first-order valence-electron chi connectivity index (χ1n) is 10.9. The van der Waals surface area contributed by atoms with E-state index >= 15 is 0 Å². The first kappa shape index (κ1) is 22.5. The first-order chi connectivity index (χ1) is 16.8. The Bertz CT molecular complexity index is 1550. The van der Waals surface area contributed by atoms with E-state index in [4.69, 9.17) is 4.55 Å². The lowest BCUT2D eigenvalue weighted by Crippen LogP contribution is -1.96. The minimum Gasteiger partial charge on any atom is -0.355 e. The standard InChI is InChI=1S/C20H14N4.C7H8O3S/c1-2-14-10-16-5-6-18(23-16)12-20-8-7-19(24-20)11-17-4-3-15(22-17)9-13(1)21-14;1-6-2-4-7(5-3-6)11(8,9)10/h1-12,21,24H;2-5H,1H3,(H,8,9,10). The van der Waals surface area contributed by atoms with Crippen LogP contribution in [0.4, 0.5) is 0 Å². The molecule has 7 nitrogen and oxygen atoms in total. The molecule has 4 aromatic rings. The van der Waals surface area contributed by atoms with Gasteiger partial charge in [-0.3, -0.25) is 4.55 Å². The summed E-state index contributed by atoms with van der Waals surface area (Å²) in [6.07, 6.45) is 8.09. The largest absolute Gasteiger partial charge is 0.355 e. The Labute approximate surface area is 202 Å². The molecule has 35 heavy (non-hydrogen) atoms. The molecule has 0 spiro atoms. The first-order valence-corrected chi connectivity index (χ1v) is 12.3. The molecule has 1 aromatic carbocycles. The van der Waals surface area contributed by atoms with Crippen molar-refractivity contribution < 1.29 is 13.0 Å². The fourth-order valence-corrected chi connectivity index (χ4v) is 4.13. The van der Waals surface area contributed by atoms with E-state index in [-0.39, 0.29) is 4.90 Å². The van der Waals surface area contributed by atoms with E-state index in [0.29, 0.717) is 0 Å². The van der Waals surface area contributed by atoms with Gasteiger partial charge in [0.25, 0.3) is 10.1 Å². The topological polar surface area (TPSA) is 112 Å². The van der Waals surface area contributed by atoms with Gasteiger partial charge in [0, 0.05) is 22.1 Å². The number of hydrogen-bond acceptors (Lipinski definition) is 4. The van der Waals surface area contributed by atoms with Crippen LogP contribution in [0.5, 0.6) is 0 Å². The maximum atomic E-state index is 10.5. The molecule has 0 atom stereocenters. The van der Waals surface area contributed by atoms with E-state index < -0.39 is 10.1 Å². The summed E-state index contributed by atoms with van der Waals surface area (Å²) < 4.78 is 29.6. The van der Waals surface area contributed by atoms with Crippen LogP contribution >= 0.6 is 0 Å². The van der Waals surface area contributed by atoms with E-state index in [0.717, 1.165) is 50.4 Å². The molecule has 6 rings (SSSR count). The molecular formula is C27H22N4O3S. The number of nitrogens with zero attached hydrogens (tertiary/aromatic N) is 2. The molecule has 174 valence electrons. The van der Waals surface area contributed by atoms with Gasteiger partial charge >= 0.3 is 0 Å². The zero-order chi connectivity index (χ0) is 24.4. The van der Waals surface area contributed by atoms with Crippen molar-refractivity contribution in [1.82, 2.24) is 19.9 Å². The third kappa shape index (κ3) is 5.63. The number of rotatable bonds is 1. The number of aromatic amines is 2. The highest BCUT2D eigenvalue weighted by Crippen LogP contribution is 2.17. The van der Waals surface area contributed by atoms with Crippen LogP contribution in [-0.4, -0.2) is 32.9 Å². The van der Waals surface area contributed by atoms with Crippen molar-refractivity contribution in [1.29, 1.82) is 0 Å². The van der Waals surface area contributed by atoms with E-state index in [2.05, 4.69) is 44.2 Å². The van der Waals surface area contributed by atoms with Gasteiger partial charge in [-0.15, -0.1) is 0 Å². The van der Waals surface area contributed by atoms with Crippen LogP contribution in [0.15, 0.2) is 77.7 Å². The number of benzene rings is 1. The molecule has 8 heteroatoms. The molecule has 0 saturated heterocycles. The van der Waals surface area contributed by atoms with Gasteiger partial charge in [-0.1, -0.05) is 17.7 Å². The van der Waals surface area contributed by atoms with Gasteiger partial charge in [-0.2, -0.15) is 8.42 Å².